The van der Waals surface area contributed by atoms with E-state index in [9.17, 15) is 4.79 Å². The molecule has 48 valence electrons. The topological polar surface area (TPSA) is 78.0 Å². The predicted octanol–water partition coefficient (Wildman–Crippen LogP) is -0.471. The van der Waals surface area contributed by atoms with Gasteiger partial charge in [-0.3, -0.25) is 15.1 Å². The number of nitrogens with zero attached hydrogens (tertiary/aromatic N) is 1. The molecule has 0 radical (unpaired) electrons. The summed E-state index contributed by atoms with van der Waals surface area (Å²) in [5, 5.41) is 13.9. The van der Waals surface area contributed by atoms with Crippen LogP contribution in [0.1, 0.15) is 10.5 Å². The van der Waals surface area contributed by atoms with E-state index in [0.29, 0.717) is 0 Å². The third-order valence-corrected chi connectivity index (χ3v) is 0.847. The van der Waals surface area contributed by atoms with E-state index in [1.54, 1.807) is 0 Å². The number of hydrogen-bond acceptors (Lipinski definition) is 3. The van der Waals surface area contributed by atoms with Gasteiger partial charge in [-0.2, -0.15) is 5.10 Å². The number of amides is 1. The average molecular weight is 127 g/mol. The molecule has 1 aromatic rings. The summed E-state index contributed by atoms with van der Waals surface area (Å²) < 4.78 is 0. The molecule has 1 amide bonds. The van der Waals surface area contributed by atoms with Gasteiger partial charge in [-0.25, -0.2) is 5.48 Å². The van der Waals surface area contributed by atoms with Crippen molar-refractivity contribution in [3.05, 3.63) is 18.0 Å². The fourth-order valence-electron chi connectivity index (χ4n) is 0.443. The molecule has 1 heterocycles. The van der Waals surface area contributed by atoms with Crippen molar-refractivity contribution in [2.45, 2.75) is 0 Å². The van der Waals surface area contributed by atoms with Crippen LogP contribution in [0.2, 0.25) is 0 Å². The highest BCUT2D eigenvalue weighted by atomic mass is 16.5. The van der Waals surface area contributed by atoms with Gasteiger partial charge in [-0.15, -0.1) is 0 Å². The largest absolute Gasteiger partial charge is 0.292 e. The Balaban J connectivity index is 2.77. The summed E-state index contributed by atoms with van der Waals surface area (Å²) in [6, 6.07) is 1.45. The molecule has 0 saturated heterocycles. The van der Waals surface area contributed by atoms with Crippen LogP contribution in [0.3, 0.4) is 0 Å². The molecular weight excluding hydrogens is 122 g/mol. The minimum Gasteiger partial charge on any atom is -0.288 e. The van der Waals surface area contributed by atoms with Crippen molar-refractivity contribution in [1.29, 1.82) is 0 Å². The molecule has 0 aliphatic rings. The maximum Gasteiger partial charge on any atom is 0.292 e. The summed E-state index contributed by atoms with van der Waals surface area (Å²) in [5.41, 5.74) is 1.69. The first-order valence-electron chi connectivity index (χ1n) is 2.28. The van der Waals surface area contributed by atoms with E-state index >= 15 is 0 Å². The molecule has 0 fully saturated rings. The standard InChI is InChI=1S/C4H5N3O2/c8-4(7-9)3-1-2-5-6-3/h1-2,9H,(H,5,6)(H,7,8). The Morgan fingerprint density at radius 3 is 3.11 bits per heavy atom. The lowest BCUT2D eigenvalue weighted by Gasteiger charge is -1.89. The van der Waals surface area contributed by atoms with Crippen LogP contribution in [0.25, 0.3) is 0 Å². The lowest BCUT2D eigenvalue weighted by Crippen LogP contribution is -2.18. The van der Waals surface area contributed by atoms with Crippen molar-refractivity contribution in [3.63, 3.8) is 0 Å². The Labute approximate surface area is 50.7 Å². The molecule has 0 saturated carbocycles. The molecule has 0 spiro atoms. The first-order valence-corrected chi connectivity index (χ1v) is 2.28. The summed E-state index contributed by atoms with van der Waals surface area (Å²) in [6.07, 6.45) is 1.42. The van der Waals surface area contributed by atoms with E-state index in [2.05, 4.69) is 10.2 Å². The fraction of sp³-hybridized carbons (Fsp3) is 0. The highest BCUT2D eigenvalue weighted by molar-refractivity contribution is 5.91. The predicted molar refractivity (Wildman–Crippen MR) is 27.8 cm³/mol. The zero-order valence-corrected chi connectivity index (χ0v) is 4.46. The third-order valence-electron chi connectivity index (χ3n) is 0.847. The monoisotopic (exact) mass is 127 g/mol. The van der Waals surface area contributed by atoms with Gasteiger partial charge in [0.25, 0.3) is 5.91 Å². The molecule has 0 bridgehead atoms. The third kappa shape index (κ3) is 1.06. The van der Waals surface area contributed by atoms with Gasteiger partial charge in [-0.05, 0) is 6.07 Å². The van der Waals surface area contributed by atoms with Crippen LogP contribution in [0.15, 0.2) is 12.3 Å². The normalized spacial score (nSPS) is 9.00. The van der Waals surface area contributed by atoms with E-state index in [-0.39, 0.29) is 5.69 Å². The van der Waals surface area contributed by atoms with Gasteiger partial charge in [-0.1, -0.05) is 0 Å². The van der Waals surface area contributed by atoms with Gasteiger partial charge in [0.15, 0.2) is 0 Å². The molecule has 0 aliphatic carbocycles. The van der Waals surface area contributed by atoms with Crippen molar-refractivity contribution in [2.24, 2.45) is 0 Å². The molecule has 0 aromatic carbocycles. The molecule has 3 N–H and O–H groups in total. The number of aromatic amines is 1. The van der Waals surface area contributed by atoms with Crippen molar-refractivity contribution in [1.82, 2.24) is 15.7 Å². The van der Waals surface area contributed by atoms with Crippen LogP contribution in [0.4, 0.5) is 0 Å². The van der Waals surface area contributed by atoms with E-state index in [0.717, 1.165) is 0 Å². The van der Waals surface area contributed by atoms with Crippen molar-refractivity contribution in [3.8, 4) is 0 Å². The molecule has 0 atom stereocenters. The Kier molecular flexibility index (Phi) is 1.46. The van der Waals surface area contributed by atoms with E-state index in [4.69, 9.17) is 5.21 Å². The van der Waals surface area contributed by atoms with Crippen LogP contribution in [-0.4, -0.2) is 21.3 Å². The summed E-state index contributed by atoms with van der Waals surface area (Å²) in [5.74, 6) is -0.590. The van der Waals surface area contributed by atoms with Gasteiger partial charge in [0.2, 0.25) is 0 Å². The second-order valence-corrected chi connectivity index (χ2v) is 1.41. The van der Waals surface area contributed by atoms with Crippen LogP contribution >= 0.6 is 0 Å². The van der Waals surface area contributed by atoms with Crippen LogP contribution in [-0.2, 0) is 0 Å². The summed E-state index contributed by atoms with van der Waals surface area (Å²) >= 11 is 0. The summed E-state index contributed by atoms with van der Waals surface area (Å²) in [7, 11) is 0. The van der Waals surface area contributed by atoms with Gasteiger partial charge >= 0.3 is 0 Å². The second kappa shape index (κ2) is 2.27. The molecule has 1 aromatic heterocycles. The molecule has 0 unspecified atom stereocenters. The van der Waals surface area contributed by atoms with Gasteiger partial charge in [0.05, 0.1) is 0 Å². The number of nitrogens with one attached hydrogen (secondary N) is 2. The fourth-order valence-corrected chi connectivity index (χ4v) is 0.443. The number of carbonyl (C=O) groups excluding carboxylic acids is 1. The molecule has 5 heteroatoms. The number of H-pyrrole nitrogens is 1. The van der Waals surface area contributed by atoms with Crippen molar-refractivity contribution >= 4 is 5.91 Å². The zero-order chi connectivity index (χ0) is 6.69. The average Bonchev–Trinajstić information content (AvgIpc) is 2.37. The second-order valence-electron chi connectivity index (χ2n) is 1.41. The molecule has 9 heavy (non-hydrogen) atoms. The highest BCUT2D eigenvalue weighted by Gasteiger charge is 2.01. The lowest BCUT2D eigenvalue weighted by atomic mass is 10.4. The Morgan fingerprint density at radius 2 is 2.67 bits per heavy atom. The van der Waals surface area contributed by atoms with Crippen molar-refractivity contribution in [2.75, 3.05) is 0 Å². The van der Waals surface area contributed by atoms with E-state index in [1.165, 1.54) is 17.7 Å². The van der Waals surface area contributed by atoms with E-state index < -0.39 is 5.91 Å². The highest BCUT2D eigenvalue weighted by Crippen LogP contribution is 1.88. The van der Waals surface area contributed by atoms with Gasteiger partial charge in [0, 0.05) is 6.20 Å². The minimum atomic E-state index is -0.590. The number of carbonyl (C=O) groups is 1. The Hall–Kier alpha value is -1.36. The zero-order valence-electron chi connectivity index (χ0n) is 4.46. The van der Waals surface area contributed by atoms with Gasteiger partial charge in [0.1, 0.15) is 5.69 Å². The summed E-state index contributed by atoms with van der Waals surface area (Å²) in [6.45, 7) is 0. The minimum absolute atomic E-state index is 0.234. The van der Waals surface area contributed by atoms with Crippen LogP contribution in [0, 0.1) is 0 Å². The number of rotatable bonds is 1. The molecule has 1 rings (SSSR count). The summed E-state index contributed by atoms with van der Waals surface area (Å²) in [4.78, 5) is 10.4. The Morgan fingerprint density at radius 1 is 1.89 bits per heavy atom. The number of hydroxylamine groups is 1. The maximum atomic E-state index is 10.4. The van der Waals surface area contributed by atoms with E-state index in [1.807, 2.05) is 0 Å². The first-order chi connectivity index (χ1) is 4.34. The molecule has 0 aliphatic heterocycles. The maximum absolute atomic E-state index is 10.4. The van der Waals surface area contributed by atoms with Gasteiger partial charge < -0.3 is 0 Å². The first kappa shape index (κ1) is 5.77. The van der Waals surface area contributed by atoms with Crippen molar-refractivity contribution < 1.29 is 10.0 Å². The molecular formula is C4H5N3O2. The van der Waals surface area contributed by atoms with Crippen LogP contribution < -0.4 is 5.48 Å². The smallest absolute Gasteiger partial charge is 0.288 e. The number of hydrogen-bond donors (Lipinski definition) is 3. The SMILES string of the molecule is O=C(NO)c1ccn[nH]1. The number of aromatic nitrogens is 2. The lowest BCUT2D eigenvalue weighted by molar-refractivity contribution is 0.0700. The Bertz CT molecular complexity index is 194. The molecule has 5 nitrogen and oxygen atoms in total. The van der Waals surface area contributed by atoms with Crippen LogP contribution in [0.5, 0.6) is 0 Å². The quantitative estimate of drug-likeness (QED) is 0.352.